The van der Waals surface area contributed by atoms with E-state index < -0.39 is 0 Å². The van der Waals surface area contributed by atoms with Crippen LogP contribution in [-0.4, -0.2) is 6.54 Å². The Hall–Kier alpha value is -2.10. The zero-order chi connectivity index (χ0) is 14.0. The lowest BCUT2D eigenvalue weighted by Crippen LogP contribution is -2.19. The molecular weight excluding hydrogens is 246 g/mol. The standard InChI is InChI=1S/C15H16F2N2/c1-3-19(14-7-5-4-6-11(14)16)15-8-10(2)12(17)9-13(15)18/h4-9H,3,18H2,1-2H3. The lowest BCUT2D eigenvalue weighted by molar-refractivity contribution is 0.618. The highest BCUT2D eigenvalue weighted by Gasteiger charge is 2.15. The molecule has 0 amide bonds. The molecule has 0 bridgehead atoms. The van der Waals surface area contributed by atoms with Crippen LogP contribution in [0.25, 0.3) is 0 Å². The van der Waals surface area contributed by atoms with Crippen LogP contribution in [0.2, 0.25) is 0 Å². The van der Waals surface area contributed by atoms with E-state index in [0.717, 1.165) is 0 Å². The third-order valence-corrected chi connectivity index (χ3v) is 3.06. The van der Waals surface area contributed by atoms with Crippen LogP contribution in [0, 0.1) is 18.6 Å². The van der Waals surface area contributed by atoms with Crippen LogP contribution >= 0.6 is 0 Å². The van der Waals surface area contributed by atoms with Gasteiger partial charge >= 0.3 is 0 Å². The van der Waals surface area contributed by atoms with Crippen LogP contribution in [0.5, 0.6) is 0 Å². The highest BCUT2D eigenvalue weighted by molar-refractivity contribution is 5.75. The van der Waals surface area contributed by atoms with Crippen molar-refractivity contribution in [3.8, 4) is 0 Å². The molecule has 4 heteroatoms. The van der Waals surface area contributed by atoms with Crippen molar-refractivity contribution in [3.63, 3.8) is 0 Å². The molecule has 0 aliphatic heterocycles. The van der Waals surface area contributed by atoms with Gasteiger partial charge in [-0.15, -0.1) is 0 Å². The molecule has 0 atom stereocenters. The molecule has 2 rings (SSSR count). The number of nitrogens with zero attached hydrogens (tertiary/aromatic N) is 1. The van der Waals surface area contributed by atoms with Crippen molar-refractivity contribution in [2.45, 2.75) is 13.8 Å². The van der Waals surface area contributed by atoms with Crippen molar-refractivity contribution in [3.05, 3.63) is 53.6 Å². The average Bonchev–Trinajstić information content (AvgIpc) is 2.38. The van der Waals surface area contributed by atoms with Gasteiger partial charge in [-0.05, 0) is 43.7 Å². The second-order valence-electron chi connectivity index (χ2n) is 4.36. The summed E-state index contributed by atoms with van der Waals surface area (Å²) >= 11 is 0. The third kappa shape index (κ3) is 2.52. The Morgan fingerprint density at radius 2 is 1.74 bits per heavy atom. The Balaban J connectivity index is 2.55. The summed E-state index contributed by atoms with van der Waals surface area (Å²) in [4.78, 5) is 1.73. The summed E-state index contributed by atoms with van der Waals surface area (Å²) in [6.07, 6.45) is 0. The van der Waals surface area contributed by atoms with Crippen LogP contribution in [0.3, 0.4) is 0 Å². The van der Waals surface area contributed by atoms with E-state index in [-0.39, 0.29) is 11.6 Å². The van der Waals surface area contributed by atoms with Crippen molar-refractivity contribution in [1.82, 2.24) is 0 Å². The number of halogens is 2. The van der Waals surface area contributed by atoms with Crippen molar-refractivity contribution in [2.24, 2.45) is 0 Å². The minimum absolute atomic E-state index is 0.299. The lowest BCUT2D eigenvalue weighted by Gasteiger charge is -2.25. The second-order valence-corrected chi connectivity index (χ2v) is 4.36. The molecule has 2 nitrogen and oxygen atoms in total. The van der Waals surface area contributed by atoms with Gasteiger partial charge in [0.2, 0.25) is 0 Å². The Morgan fingerprint density at radius 3 is 2.37 bits per heavy atom. The fraction of sp³-hybridized carbons (Fsp3) is 0.200. The number of hydrogen-bond donors (Lipinski definition) is 1. The Bertz CT molecular complexity index is 597. The van der Waals surface area contributed by atoms with Gasteiger partial charge in [0, 0.05) is 6.54 Å². The van der Waals surface area contributed by atoms with E-state index in [4.69, 9.17) is 5.73 Å². The topological polar surface area (TPSA) is 29.3 Å². The molecule has 0 unspecified atom stereocenters. The molecule has 2 aromatic rings. The lowest BCUT2D eigenvalue weighted by atomic mass is 10.1. The van der Waals surface area contributed by atoms with Gasteiger partial charge in [-0.2, -0.15) is 0 Å². The van der Waals surface area contributed by atoms with E-state index in [1.165, 1.54) is 12.1 Å². The summed E-state index contributed by atoms with van der Waals surface area (Å²) in [5.41, 5.74) is 7.68. The minimum atomic E-state index is -0.356. The maximum Gasteiger partial charge on any atom is 0.146 e. The Kier molecular flexibility index (Phi) is 3.69. The van der Waals surface area contributed by atoms with E-state index >= 15 is 0 Å². The number of rotatable bonds is 3. The van der Waals surface area contributed by atoms with Crippen LogP contribution < -0.4 is 10.6 Å². The molecule has 0 spiro atoms. The maximum atomic E-state index is 13.9. The predicted octanol–water partition coefficient (Wildman–Crippen LogP) is 4.01. The third-order valence-electron chi connectivity index (χ3n) is 3.06. The first-order valence-electron chi connectivity index (χ1n) is 6.12. The summed E-state index contributed by atoms with van der Waals surface area (Å²) in [6.45, 7) is 4.09. The van der Waals surface area contributed by atoms with E-state index in [2.05, 4.69) is 0 Å². The summed E-state index contributed by atoms with van der Waals surface area (Å²) < 4.78 is 27.3. The van der Waals surface area contributed by atoms with Gasteiger partial charge in [-0.1, -0.05) is 12.1 Å². The summed E-state index contributed by atoms with van der Waals surface area (Å²) in [5, 5.41) is 0. The molecule has 0 aliphatic carbocycles. The van der Waals surface area contributed by atoms with Gasteiger partial charge in [0.25, 0.3) is 0 Å². The van der Waals surface area contributed by atoms with E-state index in [0.29, 0.717) is 29.2 Å². The zero-order valence-electron chi connectivity index (χ0n) is 11.0. The predicted molar refractivity (Wildman–Crippen MR) is 74.6 cm³/mol. The molecule has 0 aromatic heterocycles. The summed E-state index contributed by atoms with van der Waals surface area (Å²) in [5.74, 6) is -0.684. The highest BCUT2D eigenvalue weighted by Crippen LogP contribution is 2.33. The van der Waals surface area contributed by atoms with Gasteiger partial charge in [0.15, 0.2) is 0 Å². The molecule has 19 heavy (non-hydrogen) atoms. The molecule has 0 heterocycles. The van der Waals surface area contributed by atoms with Crippen molar-refractivity contribution >= 4 is 17.1 Å². The average molecular weight is 262 g/mol. The molecule has 0 fully saturated rings. The second kappa shape index (κ2) is 5.26. The number of para-hydroxylation sites is 1. The fourth-order valence-electron chi connectivity index (χ4n) is 2.06. The maximum absolute atomic E-state index is 13.9. The normalized spacial score (nSPS) is 10.5. The van der Waals surface area contributed by atoms with Gasteiger partial charge in [0.1, 0.15) is 11.6 Å². The molecule has 2 N–H and O–H groups in total. The zero-order valence-corrected chi connectivity index (χ0v) is 11.0. The van der Waals surface area contributed by atoms with Crippen LogP contribution in [0.4, 0.5) is 25.8 Å². The van der Waals surface area contributed by atoms with Crippen molar-refractivity contribution in [2.75, 3.05) is 17.2 Å². The number of anilines is 3. The Morgan fingerprint density at radius 1 is 1.05 bits per heavy atom. The van der Waals surface area contributed by atoms with Crippen molar-refractivity contribution in [1.29, 1.82) is 0 Å². The quantitative estimate of drug-likeness (QED) is 0.847. The molecule has 0 saturated heterocycles. The number of hydrogen-bond acceptors (Lipinski definition) is 2. The highest BCUT2D eigenvalue weighted by atomic mass is 19.1. The van der Waals surface area contributed by atoms with Gasteiger partial charge in [0.05, 0.1) is 17.1 Å². The van der Waals surface area contributed by atoms with Gasteiger partial charge in [-0.25, -0.2) is 8.78 Å². The number of nitrogens with two attached hydrogens (primary N) is 1. The first kappa shape index (κ1) is 13.3. The summed E-state index contributed by atoms with van der Waals surface area (Å²) in [7, 11) is 0. The molecule has 100 valence electrons. The molecule has 0 saturated carbocycles. The van der Waals surface area contributed by atoms with E-state index in [9.17, 15) is 8.78 Å². The molecule has 0 aliphatic rings. The van der Waals surface area contributed by atoms with E-state index in [1.54, 1.807) is 36.1 Å². The smallest absolute Gasteiger partial charge is 0.146 e. The monoisotopic (exact) mass is 262 g/mol. The largest absolute Gasteiger partial charge is 0.397 e. The van der Waals surface area contributed by atoms with Crippen LogP contribution in [-0.2, 0) is 0 Å². The van der Waals surface area contributed by atoms with Crippen molar-refractivity contribution < 1.29 is 8.78 Å². The number of benzene rings is 2. The molecule has 0 radical (unpaired) electrons. The fourth-order valence-corrected chi connectivity index (χ4v) is 2.06. The Labute approximate surface area is 111 Å². The van der Waals surface area contributed by atoms with Crippen LogP contribution in [0.1, 0.15) is 12.5 Å². The van der Waals surface area contributed by atoms with Crippen LogP contribution in [0.15, 0.2) is 36.4 Å². The first-order valence-corrected chi connectivity index (χ1v) is 6.12. The molecule has 2 aromatic carbocycles. The SMILES string of the molecule is CCN(c1cc(C)c(F)cc1N)c1ccccc1F. The first-order chi connectivity index (χ1) is 9.04. The summed E-state index contributed by atoms with van der Waals surface area (Å²) in [6, 6.07) is 9.37. The molecular formula is C15H16F2N2. The van der Waals surface area contributed by atoms with E-state index in [1.807, 2.05) is 6.92 Å². The minimum Gasteiger partial charge on any atom is -0.397 e. The number of nitrogen functional groups attached to an aromatic ring is 1. The number of aryl methyl sites for hydroxylation is 1. The van der Waals surface area contributed by atoms with Gasteiger partial charge in [-0.3, -0.25) is 0 Å². The van der Waals surface area contributed by atoms with Gasteiger partial charge < -0.3 is 10.6 Å².